The molecule has 1 saturated heterocycles. The van der Waals surface area contributed by atoms with Crippen molar-refractivity contribution >= 4 is 6.09 Å². The Morgan fingerprint density at radius 2 is 1.68 bits per heavy atom. The number of nitrogens with zero attached hydrogens (tertiary/aromatic N) is 3. The minimum absolute atomic E-state index is 0.157. The second-order valence-electron chi connectivity index (χ2n) is 5.99. The van der Waals surface area contributed by atoms with E-state index in [9.17, 15) is 15.3 Å². The van der Waals surface area contributed by atoms with Crippen molar-refractivity contribution in [1.82, 2.24) is 4.90 Å². The van der Waals surface area contributed by atoms with Crippen LogP contribution in [0.1, 0.15) is 23.6 Å². The minimum Gasteiger partial charge on any atom is -0.445 e. The number of likely N-dealkylation sites (tertiary alicyclic amines) is 1. The Balaban J connectivity index is 1.83. The first-order valence-electron chi connectivity index (χ1n) is 8.05. The fraction of sp³-hybridized carbons (Fsp3) is 0.250. The van der Waals surface area contributed by atoms with Gasteiger partial charge in [0.15, 0.2) is 5.41 Å². The van der Waals surface area contributed by atoms with Crippen molar-refractivity contribution in [3.63, 3.8) is 0 Å². The van der Waals surface area contributed by atoms with E-state index in [1.165, 1.54) is 4.90 Å². The van der Waals surface area contributed by atoms with E-state index in [0.717, 1.165) is 11.1 Å². The van der Waals surface area contributed by atoms with Gasteiger partial charge in [-0.25, -0.2) is 4.79 Å². The van der Waals surface area contributed by atoms with Crippen molar-refractivity contribution in [3.8, 4) is 12.1 Å². The van der Waals surface area contributed by atoms with Gasteiger partial charge in [-0.05, 0) is 17.5 Å². The average molecular weight is 331 g/mol. The van der Waals surface area contributed by atoms with Gasteiger partial charge in [0.1, 0.15) is 6.61 Å². The molecule has 1 atom stereocenters. The number of hydrogen-bond donors (Lipinski definition) is 0. The van der Waals surface area contributed by atoms with E-state index in [0.29, 0.717) is 13.0 Å². The van der Waals surface area contributed by atoms with Gasteiger partial charge >= 0.3 is 6.09 Å². The third-order valence-electron chi connectivity index (χ3n) is 4.48. The second-order valence-corrected chi connectivity index (χ2v) is 5.99. The van der Waals surface area contributed by atoms with Crippen LogP contribution in [0.25, 0.3) is 0 Å². The van der Waals surface area contributed by atoms with Crippen molar-refractivity contribution < 1.29 is 9.53 Å². The van der Waals surface area contributed by atoms with Crippen molar-refractivity contribution in [1.29, 1.82) is 10.5 Å². The van der Waals surface area contributed by atoms with E-state index in [4.69, 9.17) is 4.74 Å². The molecule has 1 amide bonds. The molecule has 1 aliphatic rings. The number of ether oxygens (including phenoxy) is 1. The summed E-state index contributed by atoms with van der Waals surface area (Å²) >= 11 is 0. The first kappa shape index (κ1) is 16.5. The lowest BCUT2D eigenvalue weighted by Gasteiger charge is -2.29. The molecule has 5 heteroatoms. The van der Waals surface area contributed by atoms with Crippen LogP contribution < -0.4 is 0 Å². The van der Waals surface area contributed by atoms with Crippen LogP contribution in [0.5, 0.6) is 0 Å². The summed E-state index contributed by atoms with van der Waals surface area (Å²) in [5.41, 5.74) is 0.394. The maximum atomic E-state index is 12.6. The Kier molecular flexibility index (Phi) is 4.68. The number of carbonyl (C=O) groups excluding carboxylic acids is 1. The summed E-state index contributed by atoms with van der Waals surface area (Å²) in [6, 6.07) is 22.2. The van der Waals surface area contributed by atoms with Gasteiger partial charge < -0.3 is 4.74 Å². The zero-order valence-electron chi connectivity index (χ0n) is 13.6. The zero-order chi connectivity index (χ0) is 17.7. The summed E-state index contributed by atoms with van der Waals surface area (Å²) < 4.78 is 5.41. The zero-order valence-corrected chi connectivity index (χ0v) is 13.6. The van der Waals surface area contributed by atoms with Gasteiger partial charge in [0, 0.05) is 6.54 Å². The molecule has 1 unspecified atom stereocenters. The number of amides is 1. The number of hydrogen-bond acceptors (Lipinski definition) is 4. The second kappa shape index (κ2) is 7.07. The summed E-state index contributed by atoms with van der Waals surface area (Å²) in [6.45, 7) is 0.470. The topological polar surface area (TPSA) is 77.1 Å². The number of carbonyl (C=O) groups is 1. The molecule has 1 fully saturated rings. The van der Waals surface area contributed by atoms with E-state index >= 15 is 0 Å². The predicted molar refractivity (Wildman–Crippen MR) is 90.8 cm³/mol. The first-order valence-corrected chi connectivity index (χ1v) is 8.05. The Hall–Kier alpha value is -3.31. The minimum atomic E-state index is -1.26. The Bertz CT molecular complexity index is 808. The number of rotatable bonds is 3. The van der Waals surface area contributed by atoms with Crippen LogP contribution in [-0.4, -0.2) is 17.5 Å². The van der Waals surface area contributed by atoms with Gasteiger partial charge in [0.25, 0.3) is 0 Å². The summed E-state index contributed by atoms with van der Waals surface area (Å²) in [5, 5.41) is 19.2. The smallest absolute Gasteiger partial charge is 0.410 e. The van der Waals surface area contributed by atoms with Crippen LogP contribution in [0, 0.1) is 28.1 Å². The van der Waals surface area contributed by atoms with Crippen LogP contribution >= 0.6 is 0 Å². The molecule has 0 N–H and O–H groups in total. The molecule has 1 heterocycles. The molecule has 0 aromatic heterocycles. The summed E-state index contributed by atoms with van der Waals surface area (Å²) in [7, 11) is 0. The maximum Gasteiger partial charge on any atom is 0.410 e. The molecule has 1 aliphatic heterocycles. The largest absolute Gasteiger partial charge is 0.445 e. The third kappa shape index (κ3) is 3.18. The SMILES string of the molecule is N#CC1(C#N)CCN(C(=O)OCc2ccccc2)C1c1ccccc1. The van der Waals surface area contributed by atoms with Crippen LogP contribution in [0.2, 0.25) is 0 Å². The molecule has 25 heavy (non-hydrogen) atoms. The normalized spacial score (nSPS) is 18.2. The highest BCUT2D eigenvalue weighted by Crippen LogP contribution is 2.46. The molecule has 0 spiro atoms. The lowest BCUT2D eigenvalue weighted by atomic mass is 9.80. The third-order valence-corrected chi connectivity index (χ3v) is 4.48. The van der Waals surface area contributed by atoms with Gasteiger partial charge in [-0.2, -0.15) is 10.5 Å². The summed E-state index contributed by atoms with van der Waals surface area (Å²) in [4.78, 5) is 14.1. The predicted octanol–water partition coefficient (Wildman–Crippen LogP) is 3.80. The molecular formula is C20H17N3O2. The number of benzene rings is 2. The van der Waals surface area contributed by atoms with E-state index in [1.54, 1.807) is 0 Å². The molecule has 124 valence electrons. The number of nitriles is 2. The van der Waals surface area contributed by atoms with E-state index in [1.807, 2.05) is 60.7 Å². The fourth-order valence-corrected chi connectivity index (χ4v) is 3.19. The lowest BCUT2D eigenvalue weighted by Crippen LogP contribution is -2.35. The molecule has 2 aromatic carbocycles. The van der Waals surface area contributed by atoms with Gasteiger partial charge in [-0.3, -0.25) is 4.90 Å². The van der Waals surface area contributed by atoms with Crippen molar-refractivity contribution in [3.05, 3.63) is 71.8 Å². The molecule has 3 rings (SSSR count). The van der Waals surface area contributed by atoms with E-state index in [2.05, 4.69) is 12.1 Å². The van der Waals surface area contributed by atoms with E-state index < -0.39 is 17.6 Å². The highest BCUT2D eigenvalue weighted by Gasteiger charge is 2.51. The first-order chi connectivity index (χ1) is 12.2. The van der Waals surface area contributed by atoms with Gasteiger partial charge in [-0.1, -0.05) is 60.7 Å². The summed E-state index contributed by atoms with van der Waals surface area (Å²) in [5.74, 6) is 0. The fourth-order valence-electron chi connectivity index (χ4n) is 3.19. The Morgan fingerprint density at radius 1 is 1.08 bits per heavy atom. The molecular weight excluding hydrogens is 314 g/mol. The van der Waals surface area contributed by atoms with Gasteiger partial charge in [-0.15, -0.1) is 0 Å². The highest BCUT2D eigenvalue weighted by molar-refractivity contribution is 5.69. The van der Waals surface area contributed by atoms with Crippen LogP contribution in [-0.2, 0) is 11.3 Å². The molecule has 0 saturated carbocycles. The highest BCUT2D eigenvalue weighted by atomic mass is 16.6. The van der Waals surface area contributed by atoms with Crippen LogP contribution in [0.3, 0.4) is 0 Å². The Morgan fingerprint density at radius 3 is 2.28 bits per heavy atom. The molecule has 0 bridgehead atoms. The van der Waals surface area contributed by atoms with E-state index in [-0.39, 0.29) is 6.61 Å². The Labute approximate surface area is 146 Å². The monoisotopic (exact) mass is 331 g/mol. The van der Waals surface area contributed by atoms with Gasteiger partial charge in [0.05, 0.1) is 18.2 Å². The van der Waals surface area contributed by atoms with Crippen LogP contribution in [0.15, 0.2) is 60.7 Å². The maximum absolute atomic E-state index is 12.6. The van der Waals surface area contributed by atoms with Crippen molar-refractivity contribution in [2.45, 2.75) is 19.1 Å². The molecule has 5 nitrogen and oxygen atoms in total. The van der Waals surface area contributed by atoms with Crippen molar-refractivity contribution in [2.75, 3.05) is 6.54 Å². The summed E-state index contributed by atoms with van der Waals surface area (Å²) in [6.07, 6.45) is -0.204. The average Bonchev–Trinajstić information content (AvgIpc) is 3.08. The van der Waals surface area contributed by atoms with Crippen LogP contribution in [0.4, 0.5) is 4.79 Å². The molecule has 0 aliphatic carbocycles. The molecule has 0 radical (unpaired) electrons. The van der Waals surface area contributed by atoms with Crippen molar-refractivity contribution in [2.24, 2.45) is 5.41 Å². The lowest BCUT2D eigenvalue weighted by molar-refractivity contribution is 0.0872. The van der Waals surface area contributed by atoms with Gasteiger partial charge in [0.2, 0.25) is 0 Å². The molecule has 2 aromatic rings. The quantitative estimate of drug-likeness (QED) is 0.857. The standard InChI is InChI=1S/C20H17N3O2/c21-14-20(15-22)11-12-23(18(20)17-9-5-2-6-10-17)19(24)25-13-16-7-3-1-4-8-16/h1-10,18H,11-13H2.